The Balaban J connectivity index is 0.00000287. The average Bonchev–Trinajstić information content (AvgIpc) is 2.95. The lowest BCUT2D eigenvalue weighted by Crippen LogP contribution is -2.29. The van der Waals surface area contributed by atoms with Crippen molar-refractivity contribution in [1.29, 1.82) is 0 Å². The SMILES string of the molecule is CC.C[C@@H](NC(=O)c1cc(C(=O)NCCCNCc2cccc(C(F)(F)F)c2)cc(S(C)(=O)=O)c1)c1ccccc1. The number of hydrogen-bond acceptors (Lipinski definition) is 5. The number of alkyl halides is 3. The molecular formula is C30H36F3N3O4S. The Hall–Kier alpha value is -3.70. The number of nitrogens with one attached hydrogen (secondary N) is 3. The topological polar surface area (TPSA) is 104 Å². The smallest absolute Gasteiger partial charge is 0.352 e. The summed E-state index contributed by atoms with van der Waals surface area (Å²) in [6.07, 6.45) is -2.94. The molecule has 3 N–H and O–H groups in total. The van der Waals surface area contributed by atoms with Gasteiger partial charge in [0.15, 0.2) is 9.84 Å². The molecule has 0 saturated heterocycles. The van der Waals surface area contributed by atoms with Crippen molar-refractivity contribution in [2.45, 2.75) is 50.9 Å². The zero-order valence-corrected chi connectivity index (χ0v) is 24.3. The van der Waals surface area contributed by atoms with Crippen molar-refractivity contribution in [2.24, 2.45) is 0 Å². The van der Waals surface area contributed by atoms with Crippen LogP contribution in [-0.2, 0) is 22.6 Å². The van der Waals surface area contributed by atoms with Gasteiger partial charge in [-0.3, -0.25) is 9.59 Å². The largest absolute Gasteiger partial charge is 0.416 e. The number of hydrogen-bond donors (Lipinski definition) is 3. The van der Waals surface area contributed by atoms with E-state index in [2.05, 4.69) is 16.0 Å². The number of carbonyl (C=O) groups excluding carboxylic acids is 2. The van der Waals surface area contributed by atoms with Crippen LogP contribution >= 0.6 is 0 Å². The van der Waals surface area contributed by atoms with Crippen LogP contribution in [0.5, 0.6) is 0 Å². The molecule has 41 heavy (non-hydrogen) atoms. The Bertz CT molecular complexity index is 1410. The van der Waals surface area contributed by atoms with Gasteiger partial charge in [0.05, 0.1) is 16.5 Å². The second kappa shape index (κ2) is 15.3. The molecule has 7 nitrogen and oxygen atoms in total. The summed E-state index contributed by atoms with van der Waals surface area (Å²) in [5.74, 6) is -1.08. The highest BCUT2D eigenvalue weighted by Crippen LogP contribution is 2.29. The predicted molar refractivity (Wildman–Crippen MR) is 153 cm³/mol. The minimum Gasteiger partial charge on any atom is -0.352 e. The average molecular weight is 592 g/mol. The number of halogens is 3. The summed E-state index contributed by atoms with van der Waals surface area (Å²) >= 11 is 0. The van der Waals surface area contributed by atoms with Crippen LogP contribution in [-0.4, -0.2) is 39.6 Å². The molecule has 0 saturated carbocycles. The molecule has 0 bridgehead atoms. The third-order valence-electron chi connectivity index (χ3n) is 5.91. The fourth-order valence-electron chi connectivity index (χ4n) is 3.79. The van der Waals surface area contributed by atoms with Gasteiger partial charge in [-0.1, -0.05) is 62.4 Å². The first-order valence-electron chi connectivity index (χ1n) is 13.2. The van der Waals surface area contributed by atoms with Gasteiger partial charge in [-0.2, -0.15) is 13.2 Å². The van der Waals surface area contributed by atoms with Crippen molar-refractivity contribution in [1.82, 2.24) is 16.0 Å². The van der Waals surface area contributed by atoms with Crippen LogP contribution in [0.4, 0.5) is 13.2 Å². The lowest BCUT2D eigenvalue weighted by Gasteiger charge is -2.15. The van der Waals surface area contributed by atoms with Gasteiger partial charge in [0.2, 0.25) is 0 Å². The third-order valence-corrected chi connectivity index (χ3v) is 7.00. The highest BCUT2D eigenvalue weighted by Gasteiger charge is 2.30. The standard InChI is InChI=1S/C28H30F3N3O4S.C2H6/c1-19(21-9-4-3-5-10-21)34-27(36)23-15-22(16-25(17-23)39(2,37)38)26(35)33-13-7-12-32-18-20-8-6-11-24(14-20)28(29,30)31;1-2/h3-6,8-11,14-17,19,32H,7,12-13,18H2,1-2H3,(H,33,35)(H,34,36);1-2H3/t19-;/m1./s1. The van der Waals surface area contributed by atoms with Gasteiger partial charge in [0.25, 0.3) is 11.8 Å². The fraction of sp³-hybridized carbons (Fsp3) is 0.333. The zero-order chi connectivity index (χ0) is 30.6. The van der Waals surface area contributed by atoms with E-state index in [1.54, 1.807) is 13.0 Å². The number of rotatable bonds is 11. The van der Waals surface area contributed by atoms with Crippen LogP contribution < -0.4 is 16.0 Å². The van der Waals surface area contributed by atoms with Crippen LogP contribution in [0, 0.1) is 0 Å². The molecule has 0 fully saturated rings. The molecule has 0 aliphatic carbocycles. The molecule has 2 amide bonds. The van der Waals surface area contributed by atoms with Gasteiger partial charge < -0.3 is 16.0 Å². The predicted octanol–water partition coefficient (Wildman–Crippen LogP) is 5.54. The Kier molecular flexibility index (Phi) is 12.5. The summed E-state index contributed by atoms with van der Waals surface area (Å²) < 4.78 is 63.0. The van der Waals surface area contributed by atoms with Crippen molar-refractivity contribution in [3.8, 4) is 0 Å². The normalized spacial score (nSPS) is 12.1. The third kappa shape index (κ3) is 10.7. The van der Waals surface area contributed by atoms with Gasteiger partial charge >= 0.3 is 6.18 Å². The zero-order valence-electron chi connectivity index (χ0n) is 23.5. The van der Waals surface area contributed by atoms with Gasteiger partial charge in [-0.05, 0) is 55.3 Å². The molecule has 1 atom stereocenters. The summed E-state index contributed by atoms with van der Waals surface area (Å²) in [5, 5.41) is 8.52. The van der Waals surface area contributed by atoms with Gasteiger partial charge in [-0.15, -0.1) is 0 Å². The van der Waals surface area contributed by atoms with E-state index < -0.39 is 33.4 Å². The van der Waals surface area contributed by atoms with Gasteiger partial charge in [0.1, 0.15) is 0 Å². The van der Waals surface area contributed by atoms with E-state index in [1.807, 2.05) is 44.2 Å². The van der Waals surface area contributed by atoms with Crippen LogP contribution in [0.15, 0.2) is 77.7 Å². The van der Waals surface area contributed by atoms with Crippen molar-refractivity contribution in [3.05, 3.63) is 101 Å². The van der Waals surface area contributed by atoms with E-state index in [4.69, 9.17) is 0 Å². The highest BCUT2D eigenvalue weighted by atomic mass is 32.2. The maximum atomic E-state index is 12.9. The first-order chi connectivity index (χ1) is 19.3. The number of carbonyl (C=O) groups is 2. The van der Waals surface area contributed by atoms with E-state index in [1.165, 1.54) is 24.3 Å². The minimum absolute atomic E-state index is 0.0207. The van der Waals surface area contributed by atoms with Crippen molar-refractivity contribution in [3.63, 3.8) is 0 Å². The van der Waals surface area contributed by atoms with Crippen molar-refractivity contribution >= 4 is 21.7 Å². The van der Waals surface area contributed by atoms with Crippen LogP contribution in [0.3, 0.4) is 0 Å². The molecule has 0 unspecified atom stereocenters. The molecule has 0 radical (unpaired) electrons. The summed E-state index contributed by atoms with van der Waals surface area (Å²) in [7, 11) is -3.71. The lowest BCUT2D eigenvalue weighted by atomic mass is 10.1. The second-order valence-electron chi connectivity index (χ2n) is 9.11. The minimum atomic E-state index is -4.41. The van der Waals surface area contributed by atoms with E-state index in [0.29, 0.717) is 18.5 Å². The number of benzene rings is 3. The first kappa shape index (κ1) is 33.5. The molecule has 3 aromatic rings. The summed E-state index contributed by atoms with van der Waals surface area (Å²) in [4.78, 5) is 25.5. The van der Waals surface area contributed by atoms with E-state index in [-0.39, 0.29) is 35.2 Å². The molecule has 3 aromatic carbocycles. The Labute approximate surface area is 239 Å². The highest BCUT2D eigenvalue weighted by molar-refractivity contribution is 7.90. The quantitative estimate of drug-likeness (QED) is 0.254. The summed E-state index contributed by atoms with van der Waals surface area (Å²) in [6, 6.07) is 17.7. The van der Waals surface area contributed by atoms with Gasteiger partial charge in [-0.25, -0.2) is 8.42 Å². The monoisotopic (exact) mass is 591 g/mol. The molecule has 222 valence electrons. The molecule has 0 aliphatic heterocycles. The fourth-order valence-corrected chi connectivity index (χ4v) is 4.47. The van der Waals surface area contributed by atoms with Crippen LogP contribution in [0.25, 0.3) is 0 Å². The summed E-state index contributed by atoms with van der Waals surface area (Å²) in [6.45, 7) is 6.67. The van der Waals surface area contributed by atoms with E-state index >= 15 is 0 Å². The molecule has 0 spiro atoms. The Morgan fingerprint density at radius 1 is 0.854 bits per heavy atom. The van der Waals surface area contributed by atoms with Crippen LogP contribution in [0.2, 0.25) is 0 Å². The maximum absolute atomic E-state index is 12.9. The van der Waals surface area contributed by atoms with E-state index in [9.17, 15) is 31.2 Å². The van der Waals surface area contributed by atoms with Crippen LogP contribution in [0.1, 0.15) is 70.6 Å². The number of sulfone groups is 1. The van der Waals surface area contributed by atoms with Gasteiger partial charge in [0, 0.05) is 30.5 Å². The molecule has 11 heteroatoms. The molecular weight excluding hydrogens is 555 g/mol. The molecule has 3 rings (SSSR count). The van der Waals surface area contributed by atoms with Crippen molar-refractivity contribution < 1.29 is 31.2 Å². The molecule has 0 aromatic heterocycles. The second-order valence-corrected chi connectivity index (χ2v) is 11.1. The maximum Gasteiger partial charge on any atom is 0.416 e. The first-order valence-corrected chi connectivity index (χ1v) is 15.1. The Morgan fingerprint density at radius 3 is 2.10 bits per heavy atom. The Morgan fingerprint density at radius 2 is 1.49 bits per heavy atom. The van der Waals surface area contributed by atoms with Crippen molar-refractivity contribution in [2.75, 3.05) is 19.3 Å². The summed E-state index contributed by atoms with van der Waals surface area (Å²) in [5.41, 5.74) is 0.692. The lowest BCUT2D eigenvalue weighted by molar-refractivity contribution is -0.137. The number of amides is 2. The van der Waals surface area contributed by atoms with E-state index in [0.717, 1.165) is 24.0 Å². The molecule has 0 heterocycles. The molecule has 0 aliphatic rings.